The van der Waals surface area contributed by atoms with E-state index in [0.717, 1.165) is 44.3 Å². The lowest BCUT2D eigenvalue weighted by molar-refractivity contribution is -0.173. The van der Waals surface area contributed by atoms with Crippen LogP contribution in [0.2, 0.25) is 0 Å². The maximum absolute atomic E-state index is 14.3. The number of carbonyl (C=O) groups is 2. The first-order chi connectivity index (χ1) is 18.5. The van der Waals surface area contributed by atoms with Crippen LogP contribution in [0, 0.1) is 11.8 Å². The zero-order valence-corrected chi connectivity index (χ0v) is 24.1. The second-order valence-corrected chi connectivity index (χ2v) is 13.1. The Bertz CT molecular complexity index is 1140. The normalized spacial score (nSPS) is 38.7. The minimum Gasteiger partial charge on any atom is -0.404 e. The van der Waals surface area contributed by atoms with Crippen LogP contribution in [0.15, 0.2) is 24.3 Å². The highest BCUT2D eigenvalue weighted by Gasteiger charge is 2.63. The minimum absolute atomic E-state index is 0.0315. The summed E-state index contributed by atoms with van der Waals surface area (Å²) in [4.78, 5) is 51.6. The van der Waals surface area contributed by atoms with E-state index in [2.05, 4.69) is 23.6 Å². The maximum atomic E-state index is 14.3. The Balaban J connectivity index is 1.65. The van der Waals surface area contributed by atoms with E-state index >= 15 is 0 Å². The van der Waals surface area contributed by atoms with Gasteiger partial charge >= 0.3 is 7.82 Å². The Labute approximate surface area is 230 Å². The van der Waals surface area contributed by atoms with Crippen molar-refractivity contribution in [1.29, 1.82) is 0 Å². The van der Waals surface area contributed by atoms with E-state index in [-0.39, 0.29) is 54.4 Å². The Morgan fingerprint density at radius 3 is 2.03 bits per heavy atom. The number of ketones is 2. The molecule has 6 saturated heterocycles. The van der Waals surface area contributed by atoms with Gasteiger partial charge in [-0.15, -0.1) is 0 Å². The van der Waals surface area contributed by atoms with Crippen molar-refractivity contribution in [3.63, 3.8) is 0 Å². The van der Waals surface area contributed by atoms with Crippen LogP contribution in [0.25, 0.3) is 0 Å². The molecule has 0 spiro atoms. The van der Waals surface area contributed by atoms with Crippen LogP contribution in [0.3, 0.4) is 0 Å². The van der Waals surface area contributed by atoms with Crippen molar-refractivity contribution in [2.75, 3.05) is 40.5 Å². The van der Waals surface area contributed by atoms with Gasteiger partial charge in [0.25, 0.3) is 0 Å². The molecule has 216 valence electrons. The number of Topliss-reactive ketones (excluding diaryl/α,β-unsaturated/α-hetero) is 2. The molecular formula is C28H41N2O8P. The van der Waals surface area contributed by atoms with Crippen molar-refractivity contribution >= 4 is 19.4 Å². The first-order valence-electron chi connectivity index (χ1n) is 13.9. The van der Waals surface area contributed by atoms with Crippen LogP contribution in [-0.2, 0) is 23.6 Å². The third kappa shape index (κ3) is 4.82. The van der Waals surface area contributed by atoms with Crippen molar-refractivity contribution < 1.29 is 37.9 Å². The van der Waals surface area contributed by atoms with Crippen molar-refractivity contribution in [1.82, 2.24) is 9.80 Å². The summed E-state index contributed by atoms with van der Waals surface area (Å²) in [6.45, 7) is 6.31. The van der Waals surface area contributed by atoms with E-state index in [9.17, 15) is 23.9 Å². The van der Waals surface area contributed by atoms with E-state index in [1.54, 1.807) is 26.4 Å². The molecular weight excluding hydrogens is 523 g/mol. The predicted molar refractivity (Wildman–Crippen MR) is 143 cm³/mol. The number of carbonyl (C=O) groups excluding carboxylic acids is 2. The van der Waals surface area contributed by atoms with E-state index in [1.165, 1.54) is 12.1 Å². The Morgan fingerprint density at radius 1 is 0.923 bits per heavy atom. The van der Waals surface area contributed by atoms with Crippen LogP contribution in [-0.4, -0.2) is 94.8 Å². The van der Waals surface area contributed by atoms with Gasteiger partial charge in [0.2, 0.25) is 0 Å². The third-order valence-electron chi connectivity index (χ3n) is 9.81. The molecule has 6 heterocycles. The number of phosphoric ester groups is 1. The topological polar surface area (TPSA) is 126 Å². The number of phosphoric acid groups is 1. The molecule has 0 aromatic heterocycles. The van der Waals surface area contributed by atoms with Crippen LogP contribution in [0.5, 0.6) is 5.75 Å². The van der Waals surface area contributed by atoms with Crippen LogP contribution in [0.1, 0.15) is 57.4 Å². The second kappa shape index (κ2) is 10.6. The Hall–Kier alpha value is -1.65. The molecule has 1 aromatic carbocycles. The van der Waals surface area contributed by atoms with Crippen LogP contribution in [0.4, 0.5) is 0 Å². The number of rotatable bonds is 10. The first kappa shape index (κ1) is 28.9. The highest BCUT2D eigenvalue weighted by atomic mass is 31.2. The molecule has 0 aliphatic carbocycles. The number of hydrogen-bond acceptors (Lipinski definition) is 8. The molecule has 6 aliphatic rings. The molecule has 2 N–H and O–H groups in total. The van der Waals surface area contributed by atoms with Gasteiger partial charge in [-0.05, 0) is 63.6 Å². The van der Waals surface area contributed by atoms with Crippen LogP contribution >= 0.6 is 7.82 Å². The average Bonchev–Trinajstić information content (AvgIpc) is 2.88. The number of piperidine rings is 6. The summed E-state index contributed by atoms with van der Waals surface area (Å²) in [7, 11) is -1.49. The summed E-state index contributed by atoms with van der Waals surface area (Å²) in [6.07, 6.45) is 3.66. The molecule has 10 nitrogen and oxygen atoms in total. The number of nitrogens with zero attached hydrogens (tertiary/aromatic N) is 2. The fourth-order valence-electron chi connectivity index (χ4n) is 8.38. The molecule has 4 bridgehead atoms. The number of methoxy groups -OCH3 is 2. The lowest BCUT2D eigenvalue weighted by Crippen LogP contribution is -2.75. The SMILES string of the molecule is COCC1(CC(c2ccc(OP(=O)(O)O)cc2)[C@]2(COC)C(=O)C3CCN2[C@H](C)C3)C(=O)C2CCN1C(C)C2. The third-order valence-corrected chi connectivity index (χ3v) is 10.3. The van der Waals surface area contributed by atoms with E-state index in [1.807, 2.05) is 0 Å². The molecule has 0 saturated carbocycles. The summed E-state index contributed by atoms with van der Waals surface area (Å²) in [5.41, 5.74) is -1.07. The number of ether oxygens (including phenoxy) is 2. The van der Waals surface area contributed by atoms with Gasteiger partial charge in [-0.25, -0.2) is 4.57 Å². The van der Waals surface area contributed by atoms with E-state index in [4.69, 9.17) is 14.0 Å². The summed E-state index contributed by atoms with van der Waals surface area (Å²) in [6, 6.07) is 6.96. The molecule has 11 heteroatoms. The van der Waals surface area contributed by atoms with Gasteiger partial charge in [-0.1, -0.05) is 12.1 Å². The summed E-state index contributed by atoms with van der Waals surface area (Å²) in [5.74, 6) is -0.159. The van der Waals surface area contributed by atoms with Crippen molar-refractivity contribution in [3.05, 3.63) is 29.8 Å². The molecule has 7 rings (SSSR count). The summed E-state index contributed by atoms with van der Waals surface area (Å²) < 4.78 is 27.8. The largest absolute Gasteiger partial charge is 0.524 e. The Morgan fingerprint density at radius 2 is 1.49 bits per heavy atom. The number of fused-ring (bicyclic) bond motifs is 6. The molecule has 6 fully saturated rings. The molecule has 7 unspecified atom stereocenters. The molecule has 1 aromatic rings. The standard InChI is InChI=1S/C28H41N2O8P/c1-18-13-21-9-11-29(18)27(16-36-3,25(21)31)15-24(20-5-7-23(8-6-20)38-39(33,34)35)28(17-37-4)26(32)22-10-12-30(28)19(2)14-22/h5-8,18-19,21-22,24H,9-17H2,1-4H3,(H2,33,34,35)/t18?,19-,21?,22?,24?,27?,28-/m1/s1. The number of benzene rings is 1. The predicted octanol–water partition coefficient (Wildman–Crippen LogP) is 2.77. The lowest BCUT2D eigenvalue weighted by Gasteiger charge is -2.62. The molecule has 0 radical (unpaired) electrons. The maximum Gasteiger partial charge on any atom is 0.524 e. The smallest absolute Gasteiger partial charge is 0.404 e. The van der Waals surface area contributed by atoms with Gasteiger partial charge in [0.1, 0.15) is 16.8 Å². The van der Waals surface area contributed by atoms with Crippen molar-refractivity contribution in [2.24, 2.45) is 11.8 Å². The molecule has 0 amide bonds. The highest BCUT2D eigenvalue weighted by Crippen LogP contribution is 2.53. The zero-order valence-electron chi connectivity index (χ0n) is 23.2. The van der Waals surface area contributed by atoms with Crippen molar-refractivity contribution in [2.45, 2.75) is 75.0 Å². The highest BCUT2D eigenvalue weighted by molar-refractivity contribution is 7.46. The van der Waals surface area contributed by atoms with E-state index in [0.29, 0.717) is 6.42 Å². The Kier molecular flexibility index (Phi) is 7.87. The van der Waals surface area contributed by atoms with E-state index < -0.39 is 24.8 Å². The fourth-order valence-corrected chi connectivity index (χ4v) is 8.78. The van der Waals surface area contributed by atoms with Gasteiger partial charge in [0.15, 0.2) is 11.6 Å². The number of hydrogen-bond donors (Lipinski definition) is 2. The van der Waals surface area contributed by atoms with Crippen LogP contribution < -0.4 is 4.52 Å². The zero-order chi connectivity index (χ0) is 28.2. The second-order valence-electron chi connectivity index (χ2n) is 12.0. The van der Waals surface area contributed by atoms with Crippen molar-refractivity contribution in [3.8, 4) is 5.75 Å². The quantitative estimate of drug-likeness (QED) is 0.410. The monoisotopic (exact) mass is 564 g/mol. The lowest BCUT2D eigenvalue weighted by atomic mass is 9.59. The molecule has 6 aliphatic heterocycles. The average molecular weight is 565 g/mol. The fraction of sp³-hybridized carbons (Fsp3) is 0.714. The first-order valence-corrected chi connectivity index (χ1v) is 15.4. The summed E-state index contributed by atoms with van der Waals surface area (Å²) in [5, 5.41) is 0. The van der Waals surface area contributed by atoms with Gasteiger partial charge in [0.05, 0.1) is 13.2 Å². The van der Waals surface area contributed by atoms with Gasteiger partial charge in [0, 0.05) is 57.1 Å². The minimum atomic E-state index is -4.73. The van der Waals surface area contributed by atoms with Gasteiger partial charge in [-0.2, -0.15) is 0 Å². The molecule has 9 atom stereocenters. The molecule has 39 heavy (non-hydrogen) atoms. The summed E-state index contributed by atoms with van der Waals surface area (Å²) >= 11 is 0. The van der Waals surface area contributed by atoms with Gasteiger partial charge in [-0.3, -0.25) is 29.2 Å². The van der Waals surface area contributed by atoms with Gasteiger partial charge < -0.3 is 14.0 Å².